The molecule has 0 aliphatic heterocycles. The van der Waals surface area contributed by atoms with Crippen LogP contribution in [0.2, 0.25) is 0 Å². The quantitative estimate of drug-likeness (QED) is 0.356. The van der Waals surface area contributed by atoms with E-state index in [2.05, 4.69) is 0 Å². The van der Waals surface area contributed by atoms with E-state index >= 15 is 0 Å². The first-order valence-electron chi connectivity index (χ1n) is 10.6. The highest BCUT2D eigenvalue weighted by Gasteiger charge is 2.17. The molecule has 0 amide bonds. The lowest BCUT2D eigenvalue weighted by Crippen LogP contribution is -2.22. The van der Waals surface area contributed by atoms with Crippen LogP contribution < -0.4 is 19.3 Å². The number of carboxylic acid groups (broad SMARTS) is 1. The third-order valence-corrected chi connectivity index (χ3v) is 4.96. The average molecular weight is 439 g/mol. The lowest BCUT2D eigenvalue weighted by Gasteiger charge is -2.19. The molecule has 0 radical (unpaired) electrons. The van der Waals surface area contributed by atoms with Crippen molar-refractivity contribution in [1.29, 1.82) is 0 Å². The molecule has 4 rings (SSSR count). The Balaban J connectivity index is 1.65. The minimum atomic E-state index is -1.32. The van der Waals surface area contributed by atoms with Gasteiger partial charge in [0, 0.05) is 5.56 Å². The van der Waals surface area contributed by atoms with E-state index in [1.54, 1.807) is 0 Å². The van der Waals surface area contributed by atoms with Crippen LogP contribution in [0.25, 0.3) is 0 Å². The fourth-order valence-corrected chi connectivity index (χ4v) is 3.25. The summed E-state index contributed by atoms with van der Waals surface area (Å²) in [5.74, 6) is -0.423. The van der Waals surface area contributed by atoms with Crippen molar-refractivity contribution in [2.24, 2.45) is 0 Å². The fourth-order valence-electron chi connectivity index (χ4n) is 3.25. The third-order valence-electron chi connectivity index (χ3n) is 4.96. The molecular weight excluding hydrogens is 416 g/mol. The zero-order valence-corrected chi connectivity index (χ0v) is 18.0. The van der Waals surface area contributed by atoms with Crippen molar-refractivity contribution in [2.45, 2.75) is 19.8 Å². The van der Waals surface area contributed by atoms with Crippen molar-refractivity contribution in [2.75, 3.05) is 0 Å². The number of aromatic carboxylic acids is 1. The minimum Gasteiger partial charge on any atom is -0.545 e. The molecule has 5 nitrogen and oxygen atoms in total. The molecule has 0 bridgehead atoms. The largest absolute Gasteiger partial charge is 0.545 e. The van der Waals surface area contributed by atoms with Crippen LogP contribution in [0.3, 0.4) is 0 Å². The summed E-state index contributed by atoms with van der Waals surface area (Å²) in [6.07, 6.45) is 0. The SMILES string of the molecule is O=C([O-])c1cc(OCc2ccccc2)c(OCc2ccccc2)c(OCc2ccccc2)c1. The van der Waals surface area contributed by atoms with Crippen LogP contribution in [0.4, 0.5) is 0 Å². The zero-order valence-electron chi connectivity index (χ0n) is 18.0. The molecule has 0 aliphatic rings. The molecule has 0 heterocycles. The summed E-state index contributed by atoms with van der Waals surface area (Å²) < 4.78 is 18.1. The monoisotopic (exact) mass is 439 g/mol. The summed E-state index contributed by atoms with van der Waals surface area (Å²) in [5.41, 5.74) is 2.80. The molecule has 0 fully saturated rings. The van der Waals surface area contributed by atoms with E-state index in [9.17, 15) is 9.90 Å². The maximum absolute atomic E-state index is 11.7. The van der Waals surface area contributed by atoms with Gasteiger partial charge in [0.15, 0.2) is 11.5 Å². The molecule has 0 saturated heterocycles. The van der Waals surface area contributed by atoms with Crippen molar-refractivity contribution >= 4 is 5.97 Å². The first-order chi connectivity index (χ1) is 16.2. The number of carbonyl (C=O) groups excluding carboxylic acids is 1. The smallest absolute Gasteiger partial charge is 0.203 e. The molecular formula is C28H23O5-. The lowest BCUT2D eigenvalue weighted by atomic mass is 10.1. The number of rotatable bonds is 10. The Morgan fingerprint density at radius 3 is 1.30 bits per heavy atom. The van der Waals surface area contributed by atoms with Crippen molar-refractivity contribution in [1.82, 2.24) is 0 Å². The number of ether oxygens (including phenoxy) is 3. The Morgan fingerprint density at radius 2 is 0.939 bits per heavy atom. The molecule has 0 N–H and O–H groups in total. The van der Waals surface area contributed by atoms with Gasteiger partial charge in [0.1, 0.15) is 19.8 Å². The van der Waals surface area contributed by atoms with Crippen LogP contribution in [-0.4, -0.2) is 5.97 Å². The van der Waals surface area contributed by atoms with Crippen LogP contribution >= 0.6 is 0 Å². The molecule has 0 aromatic heterocycles. The Morgan fingerprint density at radius 1 is 0.576 bits per heavy atom. The van der Waals surface area contributed by atoms with Crippen molar-refractivity contribution in [3.05, 3.63) is 125 Å². The predicted octanol–water partition coefficient (Wildman–Crippen LogP) is 4.79. The second-order valence-electron chi connectivity index (χ2n) is 7.41. The van der Waals surface area contributed by atoms with Gasteiger partial charge in [-0.2, -0.15) is 0 Å². The lowest BCUT2D eigenvalue weighted by molar-refractivity contribution is -0.255. The molecule has 0 unspecified atom stereocenters. The van der Waals surface area contributed by atoms with Gasteiger partial charge in [-0.3, -0.25) is 0 Å². The molecule has 5 heteroatoms. The standard InChI is InChI=1S/C28H24O5/c29-28(30)24-16-25(31-18-21-10-4-1-5-11-21)27(33-20-23-14-8-3-9-15-23)26(17-24)32-19-22-12-6-2-7-13-22/h1-17H,18-20H2,(H,29,30)/p-1. The van der Waals surface area contributed by atoms with Gasteiger partial charge in [-0.15, -0.1) is 0 Å². The predicted molar refractivity (Wildman–Crippen MR) is 123 cm³/mol. The van der Waals surface area contributed by atoms with E-state index in [0.29, 0.717) is 5.75 Å². The van der Waals surface area contributed by atoms with Gasteiger partial charge >= 0.3 is 0 Å². The highest BCUT2D eigenvalue weighted by Crippen LogP contribution is 2.40. The van der Waals surface area contributed by atoms with Gasteiger partial charge in [0.2, 0.25) is 5.75 Å². The second-order valence-corrected chi connectivity index (χ2v) is 7.41. The molecule has 0 saturated carbocycles. The minimum absolute atomic E-state index is 0.0480. The molecule has 166 valence electrons. The first-order valence-corrected chi connectivity index (χ1v) is 10.6. The van der Waals surface area contributed by atoms with Gasteiger partial charge in [0.25, 0.3) is 0 Å². The summed E-state index contributed by atoms with van der Waals surface area (Å²) in [6.45, 7) is 0.767. The van der Waals surface area contributed by atoms with Crippen LogP contribution in [0.5, 0.6) is 17.2 Å². The Hall–Kier alpha value is -4.25. The third kappa shape index (κ3) is 6.14. The summed E-state index contributed by atoms with van der Waals surface area (Å²) in [6, 6.07) is 31.7. The van der Waals surface area contributed by atoms with Gasteiger partial charge in [-0.05, 0) is 28.8 Å². The molecule has 0 spiro atoms. The fraction of sp³-hybridized carbons (Fsp3) is 0.107. The number of hydrogen-bond donors (Lipinski definition) is 0. The van der Waals surface area contributed by atoms with E-state index < -0.39 is 5.97 Å². The number of hydrogen-bond acceptors (Lipinski definition) is 5. The molecule has 4 aromatic carbocycles. The topological polar surface area (TPSA) is 67.8 Å². The molecule has 4 aromatic rings. The van der Waals surface area contributed by atoms with Crippen LogP contribution in [-0.2, 0) is 19.8 Å². The molecule has 0 atom stereocenters. The molecule has 0 aliphatic carbocycles. The van der Waals surface area contributed by atoms with E-state index in [4.69, 9.17) is 14.2 Å². The average Bonchev–Trinajstić information content (AvgIpc) is 2.87. The summed E-state index contributed by atoms with van der Waals surface area (Å²) in [7, 11) is 0. The van der Waals surface area contributed by atoms with Gasteiger partial charge in [0.05, 0.1) is 5.97 Å². The van der Waals surface area contributed by atoms with Crippen LogP contribution in [0.1, 0.15) is 27.0 Å². The van der Waals surface area contributed by atoms with E-state index in [0.717, 1.165) is 16.7 Å². The normalized spacial score (nSPS) is 10.4. The highest BCUT2D eigenvalue weighted by molar-refractivity contribution is 5.87. The van der Waals surface area contributed by atoms with Crippen molar-refractivity contribution in [3.63, 3.8) is 0 Å². The summed E-state index contributed by atoms with van der Waals surface area (Å²) >= 11 is 0. The van der Waals surface area contributed by atoms with E-state index in [1.165, 1.54) is 12.1 Å². The Bertz CT molecular complexity index is 1110. The Labute approximate surface area is 192 Å². The van der Waals surface area contributed by atoms with Crippen LogP contribution in [0, 0.1) is 0 Å². The van der Waals surface area contributed by atoms with Crippen molar-refractivity contribution in [3.8, 4) is 17.2 Å². The van der Waals surface area contributed by atoms with Gasteiger partial charge in [-0.25, -0.2) is 0 Å². The van der Waals surface area contributed by atoms with E-state index in [1.807, 2.05) is 91.0 Å². The zero-order chi connectivity index (χ0) is 22.9. The maximum atomic E-state index is 11.7. The molecule has 33 heavy (non-hydrogen) atoms. The van der Waals surface area contributed by atoms with Crippen molar-refractivity contribution < 1.29 is 24.1 Å². The van der Waals surface area contributed by atoms with E-state index in [-0.39, 0.29) is 36.9 Å². The number of benzene rings is 4. The maximum Gasteiger partial charge on any atom is 0.203 e. The number of carbonyl (C=O) groups is 1. The summed E-state index contributed by atoms with van der Waals surface area (Å²) in [4.78, 5) is 11.7. The van der Waals surface area contributed by atoms with Gasteiger partial charge in [-0.1, -0.05) is 91.0 Å². The first kappa shape index (κ1) is 22.0. The highest BCUT2D eigenvalue weighted by atomic mass is 16.5. The second kappa shape index (κ2) is 10.9. The summed E-state index contributed by atoms with van der Waals surface area (Å²) in [5, 5.41) is 11.7. The van der Waals surface area contributed by atoms with Crippen LogP contribution in [0.15, 0.2) is 103 Å². The number of carboxylic acids is 1. The van der Waals surface area contributed by atoms with Gasteiger partial charge < -0.3 is 24.1 Å². The Kier molecular flexibility index (Phi) is 7.23.